The predicted octanol–water partition coefficient (Wildman–Crippen LogP) is 2.92. The highest BCUT2D eigenvalue weighted by Crippen LogP contribution is 2.35. The van der Waals surface area contributed by atoms with Crippen molar-refractivity contribution in [3.05, 3.63) is 77.4 Å². The van der Waals surface area contributed by atoms with Crippen LogP contribution >= 0.6 is 0 Å². The van der Waals surface area contributed by atoms with Gasteiger partial charge in [-0.3, -0.25) is 0 Å². The van der Waals surface area contributed by atoms with Crippen LogP contribution in [0.25, 0.3) is 0 Å². The van der Waals surface area contributed by atoms with Crippen molar-refractivity contribution in [2.24, 2.45) is 12.0 Å². The molecule has 2 N–H and O–H groups in total. The zero-order valence-corrected chi connectivity index (χ0v) is 17.7. The Hall–Kier alpha value is -3.35. The summed E-state index contributed by atoms with van der Waals surface area (Å²) in [6, 6.07) is 18.6. The van der Waals surface area contributed by atoms with Gasteiger partial charge in [0.05, 0.1) is 19.7 Å². The summed E-state index contributed by atoms with van der Waals surface area (Å²) in [6.07, 6.45) is 0. The quantitative estimate of drug-likeness (QED) is 0.488. The molecule has 0 saturated heterocycles. The molecule has 1 aromatic heterocycles. The second kappa shape index (κ2) is 8.98. The number of nitrogens with zero attached hydrogens (tertiary/aromatic N) is 4. The molecule has 1 aliphatic rings. The number of fused-ring (bicyclic) bond motifs is 1. The second-order valence-corrected chi connectivity index (χ2v) is 7.61. The first kappa shape index (κ1) is 19.9. The van der Waals surface area contributed by atoms with Crippen LogP contribution in [0, 0.1) is 6.92 Å². The van der Waals surface area contributed by atoms with Crippen LogP contribution in [0.3, 0.4) is 0 Å². The number of para-hydroxylation sites is 1. The molecule has 0 bridgehead atoms. The summed E-state index contributed by atoms with van der Waals surface area (Å²) in [5.74, 6) is 3.74. The fourth-order valence-electron chi connectivity index (χ4n) is 3.59. The zero-order valence-electron chi connectivity index (χ0n) is 17.7. The molecule has 2 aromatic carbocycles. The fraction of sp³-hybridized carbons (Fsp3) is 0.348. The Labute approximate surface area is 177 Å². The molecule has 0 fully saturated rings. The summed E-state index contributed by atoms with van der Waals surface area (Å²) in [5, 5.41) is 15.4. The number of hydrogen-bond donors (Lipinski definition) is 2. The topological polar surface area (TPSA) is 76.4 Å². The summed E-state index contributed by atoms with van der Waals surface area (Å²) in [6.45, 7) is 5.92. The third-order valence-electron chi connectivity index (χ3n) is 5.56. The molecule has 156 valence electrons. The fourth-order valence-corrected chi connectivity index (χ4v) is 3.59. The monoisotopic (exact) mass is 404 g/mol. The summed E-state index contributed by atoms with van der Waals surface area (Å²) < 4.78 is 7.85. The average molecular weight is 405 g/mol. The average Bonchev–Trinajstić information content (AvgIpc) is 3.34. The van der Waals surface area contributed by atoms with Gasteiger partial charge in [-0.15, -0.1) is 10.2 Å². The number of aliphatic imine (C=N–C) groups is 1. The maximum Gasteiger partial charge on any atom is 0.192 e. The SMILES string of the molecule is Cc1nnc(CNC(=NCc2ccccc2)NC(C)C2COc3ccccc32)n1C. The predicted molar refractivity (Wildman–Crippen MR) is 117 cm³/mol. The van der Waals surface area contributed by atoms with Crippen LogP contribution in [0.15, 0.2) is 59.6 Å². The van der Waals surface area contributed by atoms with Gasteiger partial charge < -0.3 is 19.9 Å². The third-order valence-corrected chi connectivity index (χ3v) is 5.56. The highest BCUT2D eigenvalue weighted by atomic mass is 16.5. The molecular formula is C23H28N6O. The van der Waals surface area contributed by atoms with Gasteiger partial charge >= 0.3 is 0 Å². The summed E-state index contributed by atoms with van der Waals surface area (Å²) in [7, 11) is 1.97. The van der Waals surface area contributed by atoms with E-state index < -0.39 is 0 Å². The molecular weight excluding hydrogens is 376 g/mol. The van der Waals surface area contributed by atoms with E-state index in [1.165, 1.54) is 5.56 Å². The van der Waals surface area contributed by atoms with E-state index in [1.54, 1.807) is 0 Å². The molecule has 0 saturated carbocycles. The Morgan fingerprint density at radius 1 is 1.17 bits per heavy atom. The van der Waals surface area contributed by atoms with Crippen molar-refractivity contribution in [3.8, 4) is 5.75 Å². The third kappa shape index (κ3) is 4.45. The molecule has 1 aliphatic heterocycles. The number of ether oxygens (including phenoxy) is 1. The maximum absolute atomic E-state index is 5.87. The van der Waals surface area contributed by atoms with Gasteiger partial charge in [0.15, 0.2) is 11.8 Å². The van der Waals surface area contributed by atoms with Crippen LogP contribution in [0.1, 0.15) is 35.6 Å². The molecule has 3 aromatic rings. The highest BCUT2D eigenvalue weighted by molar-refractivity contribution is 5.80. The zero-order chi connectivity index (χ0) is 20.9. The molecule has 4 rings (SSSR count). The first-order chi connectivity index (χ1) is 14.6. The molecule has 0 amide bonds. The molecule has 0 aliphatic carbocycles. The van der Waals surface area contributed by atoms with Gasteiger partial charge in [-0.05, 0) is 25.5 Å². The molecule has 2 heterocycles. The largest absolute Gasteiger partial charge is 0.493 e. The lowest BCUT2D eigenvalue weighted by molar-refractivity contribution is 0.312. The van der Waals surface area contributed by atoms with Crippen molar-refractivity contribution in [3.63, 3.8) is 0 Å². The van der Waals surface area contributed by atoms with Crippen LogP contribution in [-0.4, -0.2) is 33.4 Å². The number of aryl methyl sites for hydroxylation is 1. The Kier molecular flexibility index (Phi) is 5.97. The van der Waals surface area contributed by atoms with Crippen molar-refractivity contribution in [2.75, 3.05) is 6.61 Å². The van der Waals surface area contributed by atoms with E-state index in [0.717, 1.165) is 28.9 Å². The van der Waals surface area contributed by atoms with Crippen molar-refractivity contribution >= 4 is 5.96 Å². The van der Waals surface area contributed by atoms with Gasteiger partial charge in [0, 0.05) is 24.6 Å². The van der Waals surface area contributed by atoms with Crippen LogP contribution in [0.5, 0.6) is 5.75 Å². The van der Waals surface area contributed by atoms with Gasteiger partial charge in [0.2, 0.25) is 0 Å². The first-order valence-corrected chi connectivity index (χ1v) is 10.3. The molecule has 0 spiro atoms. The van der Waals surface area contributed by atoms with Crippen LogP contribution < -0.4 is 15.4 Å². The van der Waals surface area contributed by atoms with Gasteiger partial charge in [0.25, 0.3) is 0 Å². The van der Waals surface area contributed by atoms with Gasteiger partial charge in [0.1, 0.15) is 11.6 Å². The lowest BCUT2D eigenvalue weighted by Gasteiger charge is -2.23. The molecule has 2 unspecified atom stereocenters. The lowest BCUT2D eigenvalue weighted by Crippen LogP contribution is -2.45. The molecule has 7 heteroatoms. The van der Waals surface area contributed by atoms with E-state index in [9.17, 15) is 0 Å². The van der Waals surface area contributed by atoms with E-state index in [-0.39, 0.29) is 12.0 Å². The van der Waals surface area contributed by atoms with E-state index >= 15 is 0 Å². The highest BCUT2D eigenvalue weighted by Gasteiger charge is 2.29. The minimum absolute atomic E-state index is 0.150. The van der Waals surface area contributed by atoms with E-state index in [4.69, 9.17) is 9.73 Å². The minimum atomic E-state index is 0.150. The normalized spacial score (nSPS) is 16.6. The van der Waals surface area contributed by atoms with E-state index in [1.807, 2.05) is 48.9 Å². The van der Waals surface area contributed by atoms with Crippen molar-refractivity contribution in [1.29, 1.82) is 0 Å². The van der Waals surface area contributed by atoms with Crippen molar-refractivity contribution in [2.45, 2.75) is 38.9 Å². The van der Waals surface area contributed by atoms with Crippen LogP contribution in [-0.2, 0) is 20.1 Å². The second-order valence-electron chi connectivity index (χ2n) is 7.61. The van der Waals surface area contributed by atoms with Crippen LogP contribution in [0.2, 0.25) is 0 Å². The Bertz CT molecular complexity index is 1010. The minimum Gasteiger partial charge on any atom is -0.493 e. The Morgan fingerprint density at radius 3 is 2.70 bits per heavy atom. The Balaban J connectivity index is 1.48. The van der Waals surface area contributed by atoms with Crippen molar-refractivity contribution < 1.29 is 4.74 Å². The summed E-state index contributed by atoms with van der Waals surface area (Å²) in [4.78, 5) is 4.81. The summed E-state index contributed by atoms with van der Waals surface area (Å²) in [5.41, 5.74) is 2.40. The van der Waals surface area contributed by atoms with E-state index in [0.29, 0.717) is 19.7 Å². The van der Waals surface area contributed by atoms with Gasteiger partial charge in [-0.25, -0.2) is 4.99 Å². The number of nitrogens with one attached hydrogen (secondary N) is 2. The van der Waals surface area contributed by atoms with Gasteiger partial charge in [-0.2, -0.15) is 0 Å². The standard InChI is InChI=1S/C23H28N6O/c1-16(20-15-30-21-12-8-7-11-19(20)21)26-23(24-13-18-9-5-4-6-10-18)25-14-22-28-27-17(2)29(22)3/h4-12,16,20H,13-15H2,1-3H3,(H2,24,25,26). The van der Waals surface area contributed by atoms with Gasteiger partial charge in [-0.1, -0.05) is 48.5 Å². The number of aromatic nitrogens is 3. The molecule has 0 radical (unpaired) electrons. The number of hydrogen-bond acceptors (Lipinski definition) is 4. The van der Waals surface area contributed by atoms with Crippen molar-refractivity contribution in [1.82, 2.24) is 25.4 Å². The first-order valence-electron chi connectivity index (χ1n) is 10.3. The summed E-state index contributed by atoms with van der Waals surface area (Å²) >= 11 is 0. The Morgan fingerprint density at radius 2 is 1.93 bits per heavy atom. The molecule has 7 nitrogen and oxygen atoms in total. The number of benzene rings is 2. The maximum atomic E-state index is 5.87. The van der Waals surface area contributed by atoms with E-state index in [2.05, 4.69) is 52.0 Å². The lowest BCUT2D eigenvalue weighted by atomic mass is 9.94. The smallest absolute Gasteiger partial charge is 0.192 e. The number of rotatable bonds is 6. The number of guanidine groups is 1. The molecule has 2 atom stereocenters. The van der Waals surface area contributed by atoms with Crippen LogP contribution in [0.4, 0.5) is 0 Å². The molecule has 30 heavy (non-hydrogen) atoms.